The lowest BCUT2D eigenvalue weighted by molar-refractivity contribution is -0.118. The molecule has 128 valence electrons. The molecule has 1 amide bonds. The normalized spacial score (nSPS) is 15.9. The lowest BCUT2D eigenvalue weighted by Gasteiger charge is -2.32. The van der Waals surface area contributed by atoms with E-state index in [1.165, 1.54) is 31.4 Å². The molecule has 1 saturated carbocycles. The zero-order valence-electron chi connectivity index (χ0n) is 13.4. The number of nitrogens with zero attached hydrogens (tertiary/aromatic N) is 1. The van der Waals surface area contributed by atoms with E-state index in [0.717, 1.165) is 19.4 Å². The molecule has 0 unspecified atom stereocenters. The average molecular weight is 326 g/mol. The van der Waals surface area contributed by atoms with E-state index in [2.05, 4.69) is 21.9 Å². The highest BCUT2D eigenvalue weighted by Crippen LogP contribution is 2.22. The van der Waals surface area contributed by atoms with Gasteiger partial charge in [0.25, 0.3) is 0 Å². The van der Waals surface area contributed by atoms with Gasteiger partial charge in [-0.1, -0.05) is 26.2 Å². The zero-order valence-corrected chi connectivity index (χ0v) is 13.4. The summed E-state index contributed by atoms with van der Waals surface area (Å²) in [6.45, 7) is 0.428. The summed E-state index contributed by atoms with van der Waals surface area (Å²) in [6, 6.07) is 6.45. The Morgan fingerprint density at radius 2 is 1.91 bits per heavy atom. The molecule has 0 bridgehead atoms. The number of rotatable bonds is 7. The summed E-state index contributed by atoms with van der Waals surface area (Å²) in [5.41, 5.74) is 0.580. The second-order valence-corrected chi connectivity index (χ2v) is 5.81. The van der Waals surface area contributed by atoms with Crippen LogP contribution in [0.1, 0.15) is 39.0 Å². The van der Waals surface area contributed by atoms with Crippen LogP contribution in [0.3, 0.4) is 0 Å². The molecule has 23 heavy (non-hydrogen) atoms. The maximum Gasteiger partial charge on any atom is 0.387 e. The summed E-state index contributed by atoms with van der Waals surface area (Å²) >= 11 is 0. The third kappa shape index (κ3) is 5.78. The molecule has 0 aliphatic heterocycles. The summed E-state index contributed by atoms with van der Waals surface area (Å²) in [5, 5.41) is 2.80. The molecule has 0 atom stereocenters. The van der Waals surface area contributed by atoms with Gasteiger partial charge in [-0.05, 0) is 43.7 Å². The van der Waals surface area contributed by atoms with Crippen LogP contribution in [0.5, 0.6) is 5.75 Å². The molecular weight excluding hydrogens is 302 g/mol. The van der Waals surface area contributed by atoms with Crippen molar-refractivity contribution in [2.24, 2.45) is 0 Å². The summed E-state index contributed by atoms with van der Waals surface area (Å²) in [6.07, 6.45) is 6.05. The van der Waals surface area contributed by atoms with Crippen LogP contribution in [-0.2, 0) is 4.79 Å². The number of likely N-dealkylation sites (N-methyl/N-ethyl adjacent to an activating group) is 1. The number of benzene rings is 1. The molecule has 6 heteroatoms. The molecule has 0 saturated heterocycles. The number of halogens is 2. The first kappa shape index (κ1) is 17.7. The van der Waals surface area contributed by atoms with Gasteiger partial charge < -0.3 is 10.1 Å². The number of hydrogen-bond donors (Lipinski definition) is 1. The molecule has 1 aliphatic carbocycles. The molecule has 4 nitrogen and oxygen atoms in total. The monoisotopic (exact) mass is 326 g/mol. The first-order valence-electron chi connectivity index (χ1n) is 8.17. The number of carbonyl (C=O) groups excluding carboxylic acids is 1. The fourth-order valence-corrected chi connectivity index (χ4v) is 3.05. The second-order valence-electron chi connectivity index (χ2n) is 5.81. The van der Waals surface area contributed by atoms with E-state index in [1.54, 1.807) is 12.1 Å². The van der Waals surface area contributed by atoms with Crippen LogP contribution in [0.25, 0.3) is 0 Å². The molecule has 0 radical (unpaired) electrons. The van der Waals surface area contributed by atoms with E-state index in [0.29, 0.717) is 18.3 Å². The standard InChI is InChI=1S/C17H24F2N2O2/c1-2-21(14-6-4-3-5-7-14)12-16(22)20-13-8-10-15(11-9-13)23-17(18)19/h8-11,14,17H,2-7,12H2,1H3,(H,20,22). The predicted molar refractivity (Wildman–Crippen MR) is 85.8 cm³/mol. The second kappa shape index (κ2) is 8.82. The Labute approximate surface area is 135 Å². The number of amides is 1. The fraction of sp³-hybridized carbons (Fsp3) is 0.588. The first-order chi connectivity index (χ1) is 11.1. The number of hydrogen-bond acceptors (Lipinski definition) is 3. The highest BCUT2D eigenvalue weighted by molar-refractivity contribution is 5.92. The third-order valence-electron chi connectivity index (χ3n) is 4.21. The highest BCUT2D eigenvalue weighted by Gasteiger charge is 2.21. The summed E-state index contributed by atoms with van der Waals surface area (Å²) in [4.78, 5) is 14.4. The van der Waals surface area contributed by atoms with Crippen molar-refractivity contribution in [2.75, 3.05) is 18.4 Å². The van der Waals surface area contributed by atoms with E-state index in [-0.39, 0.29) is 11.7 Å². The van der Waals surface area contributed by atoms with Gasteiger partial charge >= 0.3 is 6.61 Å². The van der Waals surface area contributed by atoms with Crippen molar-refractivity contribution in [3.05, 3.63) is 24.3 Å². The Bertz CT molecular complexity index is 488. The summed E-state index contributed by atoms with van der Waals surface area (Å²) in [5.74, 6) is -0.00431. The molecule has 2 rings (SSSR count). The van der Waals surface area contributed by atoms with Gasteiger partial charge in [0, 0.05) is 11.7 Å². The Morgan fingerprint density at radius 3 is 2.48 bits per heavy atom. The molecule has 0 aromatic heterocycles. The van der Waals surface area contributed by atoms with Gasteiger partial charge in [-0.2, -0.15) is 8.78 Å². The number of carbonyl (C=O) groups is 1. The molecule has 1 N–H and O–H groups in total. The molecule has 1 aromatic rings. The van der Waals surface area contributed by atoms with E-state index in [4.69, 9.17) is 0 Å². The Kier molecular flexibility index (Phi) is 6.77. The SMILES string of the molecule is CCN(CC(=O)Nc1ccc(OC(F)F)cc1)C1CCCCC1. The number of nitrogens with one attached hydrogen (secondary N) is 1. The van der Waals surface area contributed by atoms with Gasteiger partial charge in [0.15, 0.2) is 0 Å². The van der Waals surface area contributed by atoms with E-state index in [9.17, 15) is 13.6 Å². The van der Waals surface area contributed by atoms with Gasteiger partial charge in [0.1, 0.15) is 5.75 Å². The number of ether oxygens (including phenoxy) is 1. The quantitative estimate of drug-likeness (QED) is 0.827. The number of alkyl halides is 2. The summed E-state index contributed by atoms with van der Waals surface area (Å²) in [7, 11) is 0. The van der Waals surface area contributed by atoms with E-state index < -0.39 is 6.61 Å². The molecule has 1 fully saturated rings. The highest BCUT2D eigenvalue weighted by atomic mass is 19.3. The Morgan fingerprint density at radius 1 is 1.26 bits per heavy atom. The van der Waals surface area contributed by atoms with Gasteiger partial charge in [-0.25, -0.2) is 0 Å². The van der Waals surface area contributed by atoms with Crippen molar-refractivity contribution < 1.29 is 18.3 Å². The Hall–Kier alpha value is -1.69. The van der Waals surface area contributed by atoms with Gasteiger partial charge in [0.05, 0.1) is 6.54 Å². The lowest BCUT2D eigenvalue weighted by Crippen LogP contribution is -2.41. The van der Waals surface area contributed by atoms with Crippen LogP contribution in [0, 0.1) is 0 Å². The minimum atomic E-state index is -2.84. The van der Waals surface area contributed by atoms with Gasteiger partial charge in [-0.3, -0.25) is 9.69 Å². The Balaban J connectivity index is 1.85. The minimum absolute atomic E-state index is 0.0791. The van der Waals surface area contributed by atoms with Crippen LogP contribution in [0.15, 0.2) is 24.3 Å². The van der Waals surface area contributed by atoms with Crippen molar-refractivity contribution in [1.29, 1.82) is 0 Å². The van der Waals surface area contributed by atoms with Crippen molar-refractivity contribution in [1.82, 2.24) is 4.90 Å². The average Bonchev–Trinajstić information content (AvgIpc) is 2.55. The van der Waals surface area contributed by atoms with Crippen LogP contribution in [0.2, 0.25) is 0 Å². The first-order valence-corrected chi connectivity index (χ1v) is 8.17. The fourth-order valence-electron chi connectivity index (χ4n) is 3.05. The smallest absolute Gasteiger partial charge is 0.387 e. The maximum atomic E-state index is 12.2. The van der Waals surface area contributed by atoms with Crippen molar-refractivity contribution >= 4 is 11.6 Å². The largest absolute Gasteiger partial charge is 0.435 e. The lowest BCUT2D eigenvalue weighted by atomic mass is 9.94. The molecule has 1 aliphatic rings. The van der Waals surface area contributed by atoms with E-state index in [1.807, 2.05) is 0 Å². The predicted octanol–water partition coefficient (Wildman–Crippen LogP) is 3.88. The summed E-state index contributed by atoms with van der Waals surface area (Å²) < 4.78 is 28.5. The van der Waals surface area contributed by atoms with E-state index >= 15 is 0 Å². The number of anilines is 1. The zero-order chi connectivity index (χ0) is 16.7. The van der Waals surface area contributed by atoms with Crippen molar-refractivity contribution in [3.8, 4) is 5.75 Å². The maximum absolute atomic E-state index is 12.2. The van der Waals surface area contributed by atoms with Crippen LogP contribution < -0.4 is 10.1 Å². The molecule has 0 spiro atoms. The molecule has 1 aromatic carbocycles. The topological polar surface area (TPSA) is 41.6 Å². The molecular formula is C17H24F2N2O2. The third-order valence-corrected chi connectivity index (χ3v) is 4.21. The van der Waals surface area contributed by atoms with Gasteiger partial charge in [-0.15, -0.1) is 0 Å². The van der Waals surface area contributed by atoms with Gasteiger partial charge in [0.2, 0.25) is 5.91 Å². The van der Waals surface area contributed by atoms with Crippen molar-refractivity contribution in [3.63, 3.8) is 0 Å². The van der Waals surface area contributed by atoms with Crippen molar-refractivity contribution in [2.45, 2.75) is 51.7 Å². The van der Waals surface area contributed by atoms with Crippen LogP contribution >= 0.6 is 0 Å². The molecule has 0 heterocycles. The van der Waals surface area contributed by atoms with Crippen LogP contribution in [0.4, 0.5) is 14.5 Å². The van der Waals surface area contributed by atoms with Crippen LogP contribution in [-0.4, -0.2) is 36.5 Å². The minimum Gasteiger partial charge on any atom is -0.435 e.